The fourth-order valence-electron chi connectivity index (χ4n) is 2.16. The molecule has 14 heavy (non-hydrogen) atoms. The molecule has 2 fully saturated rings. The molecule has 0 radical (unpaired) electrons. The van der Waals surface area contributed by atoms with Crippen LogP contribution in [-0.2, 0) is 4.79 Å². The van der Waals surface area contributed by atoms with Crippen LogP contribution in [0.4, 0.5) is 0 Å². The highest BCUT2D eigenvalue weighted by atomic mass is 16.2. The minimum atomic E-state index is 0.0167. The number of carbonyl (C=O) groups excluding carboxylic acids is 1. The first kappa shape index (κ1) is 9.97. The van der Waals surface area contributed by atoms with Gasteiger partial charge in [-0.15, -0.1) is 0 Å². The van der Waals surface area contributed by atoms with Gasteiger partial charge in [0.25, 0.3) is 0 Å². The number of carbonyl (C=O) groups is 1. The van der Waals surface area contributed by atoms with Gasteiger partial charge in [-0.3, -0.25) is 4.79 Å². The van der Waals surface area contributed by atoms with E-state index in [0.29, 0.717) is 11.9 Å². The van der Waals surface area contributed by atoms with Crippen LogP contribution >= 0.6 is 0 Å². The highest BCUT2D eigenvalue weighted by Crippen LogP contribution is 2.29. The Balaban J connectivity index is 1.78. The summed E-state index contributed by atoms with van der Waals surface area (Å²) in [6, 6.07) is 0.611. The first-order valence-electron chi connectivity index (χ1n) is 5.73. The molecule has 1 saturated carbocycles. The van der Waals surface area contributed by atoms with Crippen LogP contribution in [0, 0.1) is 5.92 Å². The second kappa shape index (κ2) is 3.89. The van der Waals surface area contributed by atoms with Crippen molar-refractivity contribution in [1.82, 2.24) is 10.2 Å². The summed E-state index contributed by atoms with van der Waals surface area (Å²) in [5, 5.41) is 3.39. The average Bonchev–Trinajstić information content (AvgIpc) is 2.72. The number of rotatable bonds is 3. The van der Waals surface area contributed by atoms with Gasteiger partial charge in [0, 0.05) is 19.1 Å². The fraction of sp³-hybridized carbons (Fsp3) is 0.909. The quantitative estimate of drug-likeness (QED) is 0.730. The molecule has 1 saturated heterocycles. The third kappa shape index (κ3) is 2.08. The van der Waals surface area contributed by atoms with Crippen LogP contribution in [0.5, 0.6) is 0 Å². The van der Waals surface area contributed by atoms with E-state index in [1.54, 1.807) is 0 Å². The Bertz CT molecular complexity index is 223. The third-order valence-electron chi connectivity index (χ3n) is 3.36. The molecule has 2 aliphatic rings. The summed E-state index contributed by atoms with van der Waals surface area (Å²) in [6.45, 7) is 6.15. The largest absolute Gasteiger partial charge is 0.341 e. The van der Waals surface area contributed by atoms with Crippen LogP contribution in [0.15, 0.2) is 0 Å². The zero-order chi connectivity index (χ0) is 10.1. The molecule has 3 nitrogen and oxygen atoms in total. The minimum absolute atomic E-state index is 0.0167. The topological polar surface area (TPSA) is 32.3 Å². The van der Waals surface area contributed by atoms with Crippen molar-refractivity contribution in [3.05, 3.63) is 0 Å². The van der Waals surface area contributed by atoms with E-state index in [1.807, 2.05) is 11.8 Å². The van der Waals surface area contributed by atoms with Crippen molar-refractivity contribution in [1.29, 1.82) is 0 Å². The van der Waals surface area contributed by atoms with Crippen LogP contribution in [0.1, 0.15) is 33.1 Å². The Labute approximate surface area is 85.8 Å². The molecule has 1 amide bonds. The molecule has 3 heteroatoms. The van der Waals surface area contributed by atoms with E-state index >= 15 is 0 Å². The molecule has 0 aromatic rings. The summed E-state index contributed by atoms with van der Waals surface area (Å²) in [6.07, 6.45) is 3.59. The molecule has 1 aliphatic carbocycles. The Kier molecular flexibility index (Phi) is 2.77. The van der Waals surface area contributed by atoms with E-state index in [1.165, 1.54) is 19.3 Å². The summed E-state index contributed by atoms with van der Waals surface area (Å²) in [4.78, 5) is 13.9. The number of hydrogen-bond acceptors (Lipinski definition) is 2. The van der Waals surface area contributed by atoms with Gasteiger partial charge in [0.05, 0.1) is 6.04 Å². The SMILES string of the molecule is CC(NC1CC1C)C(=O)N1CCCC1. The predicted molar refractivity (Wildman–Crippen MR) is 56.0 cm³/mol. The van der Waals surface area contributed by atoms with E-state index in [9.17, 15) is 4.79 Å². The summed E-state index contributed by atoms with van der Waals surface area (Å²) in [5.74, 6) is 1.06. The molecule has 80 valence electrons. The van der Waals surface area contributed by atoms with Gasteiger partial charge < -0.3 is 10.2 Å². The maximum absolute atomic E-state index is 11.9. The van der Waals surface area contributed by atoms with Gasteiger partial charge in [-0.2, -0.15) is 0 Å². The molecule has 1 aliphatic heterocycles. The highest BCUT2D eigenvalue weighted by molar-refractivity contribution is 5.81. The maximum Gasteiger partial charge on any atom is 0.239 e. The lowest BCUT2D eigenvalue weighted by Gasteiger charge is -2.21. The van der Waals surface area contributed by atoms with E-state index in [0.717, 1.165) is 19.0 Å². The summed E-state index contributed by atoms with van der Waals surface area (Å²) in [7, 11) is 0. The van der Waals surface area contributed by atoms with Crippen molar-refractivity contribution >= 4 is 5.91 Å². The average molecular weight is 196 g/mol. The molecule has 2 rings (SSSR count). The number of amides is 1. The first-order valence-corrected chi connectivity index (χ1v) is 5.73. The predicted octanol–water partition coefficient (Wildman–Crippen LogP) is 0.995. The van der Waals surface area contributed by atoms with E-state index in [2.05, 4.69) is 12.2 Å². The van der Waals surface area contributed by atoms with Crippen molar-refractivity contribution in [2.45, 2.75) is 45.2 Å². The van der Waals surface area contributed by atoms with Crippen molar-refractivity contribution in [2.24, 2.45) is 5.92 Å². The van der Waals surface area contributed by atoms with Gasteiger partial charge in [-0.25, -0.2) is 0 Å². The van der Waals surface area contributed by atoms with Crippen molar-refractivity contribution in [3.63, 3.8) is 0 Å². The molecular weight excluding hydrogens is 176 g/mol. The normalized spacial score (nSPS) is 33.1. The Morgan fingerprint density at radius 1 is 1.43 bits per heavy atom. The molecular formula is C11H20N2O. The number of nitrogens with zero attached hydrogens (tertiary/aromatic N) is 1. The second-order valence-corrected chi connectivity index (χ2v) is 4.74. The van der Waals surface area contributed by atoms with Crippen LogP contribution < -0.4 is 5.32 Å². The minimum Gasteiger partial charge on any atom is -0.341 e. The maximum atomic E-state index is 11.9. The number of hydrogen-bond donors (Lipinski definition) is 1. The lowest BCUT2D eigenvalue weighted by molar-refractivity contribution is -0.132. The van der Waals surface area contributed by atoms with Crippen molar-refractivity contribution in [3.8, 4) is 0 Å². The zero-order valence-electron chi connectivity index (χ0n) is 9.12. The van der Waals surface area contributed by atoms with Gasteiger partial charge in [-0.05, 0) is 32.1 Å². The van der Waals surface area contributed by atoms with Crippen molar-refractivity contribution in [2.75, 3.05) is 13.1 Å². The zero-order valence-corrected chi connectivity index (χ0v) is 9.12. The summed E-state index contributed by atoms with van der Waals surface area (Å²) >= 11 is 0. The highest BCUT2D eigenvalue weighted by Gasteiger charge is 2.35. The Hall–Kier alpha value is -0.570. The van der Waals surface area contributed by atoms with E-state index in [-0.39, 0.29) is 6.04 Å². The van der Waals surface area contributed by atoms with Crippen LogP contribution in [0.2, 0.25) is 0 Å². The van der Waals surface area contributed by atoms with Gasteiger partial charge in [0.15, 0.2) is 0 Å². The van der Waals surface area contributed by atoms with Crippen molar-refractivity contribution < 1.29 is 4.79 Å². The Morgan fingerprint density at radius 3 is 2.50 bits per heavy atom. The van der Waals surface area contributed by atoms with Gasteiger partial charge in [-0.1, -0.05) is 6.92 Å². The molecule has 1 N–H and O–H groups in total. The fourth-order valence-corrected chi connectivity index (χ4v) is 2.16. The lowest BCUT2D eigenvalue weighted by Crippen LogP contribution is -2.44. The summed E-state index contributed by atoms with van der Waals surface area (Å²) in [5.41, 5.74) is 0. The monoisotopic (exact) mass is 196 g/mol. The van der Waals surface area contributed by atoms with Gasteiger partial charge >= 0.3 is 0 Å². The van der Waals surface area contributed by atoms with Crippen LogP contribution in [0.3, 0.4) is 0 Å². The van der Waals surface area contributed by atoms with Gasteiger partial charge in [0.2, 0.25) is 5.91 Å². The van der Waals surface area contributed by atoms with E-state index < -0.39 is 0 Å². The van der Waals surface area contributed by atoms with Gasteiger partial charge in [0.1, 0.15) is 0 Å². The van der Waals surface area contributed by atoms with Crippen LogP contribution in [-0.4, -0.2) is 36.0 Å². The molecule has 0 aromatic heterocycles. The summed E-state index contributed by atoms with van der Waals surface area (Å²) < 4.78 is 0. The molecule has 0 aromatic carbocycles. The molecule has 0 bridgehead atoms. The van der Waals surface area contributed by atoms with Crippen LogP contribution in [0.25, 0.3) is 0 Å². The smallest absolute Gasteiger partial charge is 0.239 e. The first-order chi connectivity index (χ1) is 6.68. The lowest BCUT2D eigenvalue weighted by atomic mass is 10.3. The third-order valence-corrected chi connectivity index (χ3v) is 3.36. The standard InChI is InChI=1S/C11H20N2O/c1-8-7-10(8)12-9(2)11(14)13-5-3-4-6-13/h8-10,12H,3-7H2,1-2H3. The number of likely N-dealkylation sites (tertiary alicyclic amines) is 1. The van der Waals surface area contributed by atoms with E-state index in [4.69, 9.17) is 0 Å². The molecule has 0 spiro atoms. The molecule has 3 atom stereocenters. The number of nitrogens with one attached hydrogen (secondary N) is 1. The Morgan fingerprint density at radius 2 is 2.00 bits per heavy atom. The second-order valence-electron chi connectivity index (χ2n) is 4.74. The molecule has 3 unspecified atom stereocenters. The molecule has 1 heterocycles.